The van der Waals surface area contributed by atoms with Crippen molar-refractivity contribution >= 4 is 11.7 Å². The predicted molar refractivity (Wildman–Crippen MR) is 94.9 cm³/mol. The number of carbonyl (C=O) groups is 1. The number of hydrogen-bond acceptors (Lipinski definition) is 4. The summed E-state index contributed by atoms with van der Waals surface area (Å²) < 4.78 is 0. The lowest BCUT2D eigenvalue weighted by molar-refractivity contribution is 0.0953. The minimum absolute atomic E-state index is 0.0343. The fraction of sp³-hybridized carbons (Fsp3) is 0.667. The summed E-state index contributed by atoms with van der Waals surface area (Å²) in [5.41, 5.74) is 0.654. The first-order valence-corrected chi connectivity index (χ1v) is 8.81. The molecule has 5 nitrogen and oxygen atoms in total. The number of carbonyl (C=O) groups excluding carboxylic acids is 1. The molecule has 23 heavy (non-hydrogen) atoms. The van der Waals surface area contributed by atoms with Gasteiger partial charge in [0.25, 0.3) is 5.91 Å². The highest BCUT2D eigenvalue weighted by Gasteiger charge is 2.17. The minimum Gasteiger partial charge on any atom is -0.367 e. The van der Waals surface area contributed by atoms with E-state index in [0.29, 0.717) is 18.2 Å². The van der Waals surface area contributed by atoms with E-state index in [0.717, 1.165) is 18.8 Å². The summed E-state index contributed by atoms with van der Waals surface area (Å²) in [6.45, 7) is 1.66. The summed E-state index contributed by atoms with van der Waals surface area (Å²) in [6.07, 6.45) is 10.2. The normalized spacial score (nSPS) is 16.1. The quantitative estimate of drug-likeness (QED) is 0.599. The number of nitrogens with zero attached hydrogens (tertiary/aromatic N) is 2. The molecule has 1 heterocycles. The maximum atomic E-state index is 12.4. The zero-order valence-electron chi connectivity index (χ0n) is 14.5. The van der Waals surface area contributed by atoms with Gasteiger partial charge < -0.3 is 15.5 Å². The topological polar surface area (TPSA) is 57.3 Å². The van der Waals surface area contributed by atoms with E-state index in [1.807, 2.05) is 26.2 Å². The Hall–Kier alpha value is -1.62. The molecule has 1 aromatic rings. The third kappa shape index (κ3) is 6.18. The fourth-order valence-electron chi connectivity index (χ4n) is 3.01. The van der Waals surface area contributed by atoms with E-state index in [1.165, 1.54) is 38.5 Å². The van der Waals surface area contributed by atoms with Gasteiger partial charge >= 0.3 is 0 Å². The van der Waals surface area contributed by atoms with Crippen LogP contribution in [0, 0.1) is 0 Å². The molecule has 0 aromatic carbocycles. The fourth-order valence-corrected chi connectivity index (χ4v) is 3.01. The van der Waals surface area contributed by atoms with Gasteiger partial charge in [0.2, 0.25) is 0 Å². The molecule has 0 radical (unpaired) electrons. The molecule has 0 saturated heterocycles. The van der Waals surface area contributed by atoms with Gasteiger partial charge in [0.15, 0.2) is 0 Å². The third-order valence-corrected chi connectivity index (χ3v) is 4.32. The highest BCUT2D eigenvalue weighted by atomic mass is 16.1. The molecule has 1 amide bonds. The highest BCUT2D eigenvalue weighted by Crippen LogP contribution is 2.22. The number of aromatic nitrogens is 1. The summed E-state index contributed by atoms with van der Waals surface area (Å²) in [5, 5.41) is 6.50. The Bertz CT molecular complexity index is 482. The second-order valence-electron chi connectivity index (χ2n) is 6.65. The average Bonchev–Trinajstić information content (AvgIpc) is 2.80. The van der Waals surface area contributed by atoms with Crippen molar-refractivity contribution in [2.24, 2.45) is 0 Å². The van der Waals surface area contributed by atoms with Gasteiger partial charge in [-0.15, -0.1) is 0 Å². The van der Waals surface area contributed by atoms with Crippen LogP contribution in [-0.2, 0) is 0 Å². The van der Waals surface area contributed by atoms with Crippen molar-refractivity contribution in [2.75, 3.05) is 32.5 Å². The molecule has 0 atom stereocenters. The SMILES string of the molecule is CN(C)CCCNC(=O)c1cccnc1NC1CCCCCC1. The largest absolute Gasteiger partial charge is 0.367 e. The first-order chi connectivity index (χ1) is 11.2. The summed E-state index contributed by atoms with van der Waals surface area (Å²) in [5.74, 6) is 0.692. The second kappa shape index (κ2) is 9.50. The first kappa shape index (κ1) is 17.7. The van der Waals surface area contributed by atoms with Gasteiger partial charge in [-0.1, -0.05) is 25.7 Å². The van der Waals surface area contributed by atoms with E-state index in [9.17, 15) is 4.79 Å². The number of nitrogens with one attached hydrogen (secondary N) is 2. The molecule has 1 fully saturated rings. The maximum Gasteiger partial charge on any atom is 0.255 e. The van der Waals surface area contributed by atoms with E-state index in [1.54, 1.807) is 6.20 Å². The molecule has 1 aliphatic rings. The molecule has 1 aliphatic carbocycles. The lowest BCUT2D eigenvalue weighted by Gasteiger charge is -2.19. The monoisotopic (exact) mass is 318 g/mol. The summed E-state index contributed by atoms with van der Waals surface area (Å²) in [6, 6.07) is 4.12. The Morgan fingerprint density at radius 3 is 2.70 bits per heavy atom. The molecule has 0 unspecified atom stereocenters. The van der Waals surface area contributed by atoms with Crippen molar-refractivity contribution in [1.82, 2.24) is 15.2 Å². The molecule has 0 aliphatic heterocycles. The van der Waals surface area contributed by atoms with Gasteiger partial charge in [-0.25, -0.2) is 4.98 Å². The third-order valence-electron chi connectivity index (χ3n) is 4.32. The van der Waals surface area contributed by atoms with E-state index >= 15 is 0 Å². The van der Waals surface area contributed by atoms with Crippen LogP contribution >= 0.6 is 0 Å². The van der Waals surface area contributed by atoms with Gasteiger partial charge in [0.1, 0.15) is 5.82 Å². The lowest BCUT2D eigenvalue weighted by atomic mass is 10.1. The zero-order valence-corrected chi connectivity index (χ0v) is 14.5. The van der Waals surface area contributed by atoms with Crippen LogP contribution in [0.15, 0.2) is 18.3 Å². The average molecular weight is 318 g/mol. The highest BCUT2D eigenvalue weighted by molar-refractivity contribution is 5.98. The number of amides is 1. The van der Waals surface area contributed by atoms with Gasteiger partial charge in [-0.05, 0) is 52.0 Å². The molecule has 1 aromatic heterocycles. The van der Waals surface area contributed by atoms with Crippen LogP contribution in [0.4, 0.5) is 5.82 Å². The van der Waals surface area contributed by atoms with Gasteiger partial charge in [0, 0.05) is 18.8 Å². The van der Waals surface area contributed by atoms with Crippen molar-refractivity contribution in [1.29, 1.82) is 0 Å². The molecular weight excluding hydrogens is 288 g/mol. The van der Waals surface area contributed by atoms with Crippen molar-refractivity contribution < 1.29 is 4.79 Å². The molecule has 128 valence electrons. The molecule has 1 saturated carbocycles. The van der Waals surface area contributed by atoms with Gasteiger partial charge in [-0.3, -0.25) is 4.79 Å². The van der Waals surface area contributed by atoms with E-state index in [4.69, 9.17) is 0 Å². The van der Waals surface area contributed by atoms with Crippen molar-refractivity contribution in [3.8, 4) is 0 Å². The zero-order chi connectivity index (χ0) is 16.5. The first-order valence-electron chi connectivity index (χ1n) is 8.81. The van der Waals surface area contributed by atoms with E-state index in [2.05, 4.69) is 20.5 Å². The standard InChI is InChI=1S/C18H30N4O/c1-22(2)14-8-13-20-18(23)16-11-7-12-19-17(16)21-15-9-5-3-4-6-10-15/h7,11-12,15H,3-6,8-10,13-14H2,1-2H3,(H,19,21)(H,20,23). The number of pyridine rings is 1. The van der Waals surface area contributed by atoms with Crippen LogP contribution in [0.1, 0.15) is 55.3 Å². The molecule has 5 heteroatoms. The van der Waals surface area contributed by atoms with Crippen LogP contribution in [0.5, 0.6) is 0 Å². The van der Waals surface area contributed by atoms with Gasteiger partial charge in [-0.2, -0.15) is 0 Å². The second-order valence-corrected chi connectivity index (χ2v) is 6.65. The molecule has 2 rings (SSSR count). The Labute approximate surface area is 139 Å². The lowest BCUT2D eigenvalue weighted by Crippen LogP contribution is -2.29. The Morgan fingerprint density at radius 1 is 1.26 bits per heavy atom. The van der Waals surface area contributed by atoms with Crippen LogP contribution in [0.25, 0.3) is 0 Å². The van der Waals surface area contributed by atoms with Crippen LogP contribution in [0.3, 0.4) is 0 Å². The van der Waals surface area contributed by atoms with Crippen LogP contribution in [0.2, 0.25) is 0 Å². The molecule has 0 spiro atoms. The Balaban J connectivity index is 1.92. The summed E-state index contributed by atoms with van der Waals surface area (Å²) in [4.78, 5) is 18.9. The van der Waals surface area contributed by atoms with E-state index < -0.39 is 0 Å². The Kier molecular flexibility index (Phi) is 7.33. The number of rotatable bonds is 7. The summed E-state index contributed by atoms with van der Waals surface area (Å²) >= 11 is 0. The molecule has 0 bridgehead atoms. The maximum absolute atomic E-state index is 12.4. The van der Waals surface area contributed by atoms with Gasteiger partial charge in [0.05, 0.1) is 5.56 Å². The predicted octanol–water partition coefficient (Wildman–Crippen LogP) is 2.90. The smallest absolute Gasteiger partial charge is 0.255 e. The van der Waals surface area contributed by atoms with Crippen molar-refractivity contribution in [2.45, 2.75) is 51.0 Å². The number of anilines is 1. The van der Waals surface area contributed by atoms with Crippen molar-refractivity contribution in [3.05, 3.63) is 23.9 Å². The Morgan fingerprint density at radius 2 is 2.00 bits per heavy atom. The molecular formula is C18H30N4O. The minimum atomic E-state index is -0.0343. The summed E-state index contributed by atoms with van der Waals surface area (Å²) in [7, 11) is 4.08. The van der Waals surface area contributed by atoms with Crippen LogP contribution < -0.4 is 10.6 Å². The van der Waals surface area contributed by atoms with Crippen LogP contribution in [-0.4, -0.2) is 49.0 Å². The van der Waals surface area contributed by atoms with Crippen molar-refractivity contribution in [3.63, 3.8) is 0 Å². The molecule has 2 N–H and O–H groups in total. The van der Waals surface area contributed by atoms with E-state index in [-0.39, 0.29) is 5.91 Å². The number of hydrogen-bond donors (Lipinski definition) is 2.